The van der Waals surface area contributed by atoms with Gasteiger partial charge in [-0.25, -0.2) is 4.98 Å². The summed E-state index contributed by atoms with van der Waals surface area (Å²) < 4.78 is 5.69. The van der Waals surface area contributed by atoms with Crippen molar-refractivity contribution in [3.8, 4) is 5.75 Å². The summed E-state index contributed by atoms with van der Waals surface area (Å²) in [6, 6.07) is 7.58. The number of hydrogen-bond acceptors (Lipinski definition) is 4. The summed E-state index contributed by atoms with van der Waals surface area (Å²) in [5.41, 5.74) is 0.839. The number of aromatic nitrogens is 1. The van der Waals surface area contributed by atoms with E-state index in [4.69, 9.17) is 4.74 Å². The van der Waals surface area contributed by atoms with Crippen molar-refractivity contribution >= 4 is 11.3 Å². The zero-order valence-corrected chi connectivity index (χ0v) is 10.5. The summed E-state index contributed by atoms with van der Waals surface area (Å²) in [7, 11) is 0. The van der Waals surface area contributed by atoms with Crippen LogP contribution in [0.5, 0.6) is 5.75 Å². The van der Waals surface area contributed by atoms with Gasteiger partial charge in [0.2, 0.25) is 0 Å². The molecule has 2 rings (SSSR count). The van der Waals surface area contributed by atoms with Gasteiger partial charge in [0.1, 0.15) is 17.4 Å². The standard InChI is InChI=1S/C13H15NO2S/c1-2-11(15)10-5-3-4-6-12(10)16-9-13-14-7-8-17-13/h3-8,11,15H,2,9H2,1H3. The minimum Gasteiger partial charge on any atom is -0.486 e. The van der Waals surface area contributed by atoms with Crippen LogP contribution in [0.3, 0.4) is 0 Å². The van der Waals surface area contributed by atoms with E-state index >= 15 is 0 Å². The van der Waals surface area contributed by atoms with E-state index in [1.165, 1.54) is 0 Å². The lowest BCUT2D eigenvalue weighted by Gasteiger charge is -2.14. The molecule has 0 saturated heterocycles. The number of ether oxygens (including phenoxy) is 1. The Morgan fingerprint density at radius 3 is 2.94 bits per heavy atom. The van der Waals surface area contributed by atoms with Gasteiger partial charge in [0.05, 0.1) is 6.10 Å². The third-order valence-corrected chi connectivity index (χ3v) is 3.25. The Labute approximate surface area is 105 Å². The molecule has 0 aliphatic rings. The normalized spacial score (nSPS) is 12.4. The summed E-state index contributed by atoms with van der Waals surface area (Å²) in [5, 5.41) is 12.7. The van der Waals surface area contributed by atoms with Gasteiger partial charge >= 0.3 is 0 Å². The predicted octanol–water partition coefficient (Wildman–Crippen LogP) is 3.17. The second-order valence-corrected chi connectivity index (χ2v) is 4.66. The summed E-state index contributed by atoms with van der Waals surface area (Å²) in [5.74, 6) is 0.733. The lowest BCUT2D eigenvalue weighted by molar-refractivity contribution is 0.166. The Morgan fingerprint density at radius 2 is 2.24 bits per heavy atom. The van der Waals surface area contributed by atoms with Crippen molar-refractivity contribution in [2.24, 2.45) is 0 Å². The van der Waals surface area contributed by atoms with E-state index in [1.54, 1.807) is 17.5 Å². The molecule has 0 aliphatic carbocycles. The van der Waals surface area contributed by atoms with Gasteiger partial charge in [0, 0.05) is 17.1 Å². The third kappa shape index (κ3) is 3.05. The smallest absolute Gasteiger partial charge is 0.140 e. The van der Waals surface area contributed by atoms with Crippen LogP contribution in [0, 0.1) is 0 Å². The first-order valence-corrected chi connectivity index (χ1v) is 6.47. The molecule has 0 amide bonds. The molecular formula is C13H15NO2S. The number of nitrogens with zero attached hydrogens (tertiary/aromatic N) is 1. The second-order valence-electron chi connectivity index (χ2n) is 3.68. The minimum absolute atomic E-state index is 0.450. The summed E-state index contributed by atoms with van der Waals surface area (Å²) in [6.45, 7) is 2.40. The topological polar surface area (TPSA) is 42.4 Å². The summed E-state index contributed by atoms with van der Waals surface area (Å²) in [4.78, 5) is 4.16. The van der Waals surface area contributed by atoms with E-state index in [1.807, 2.05) is 36.6 Å². The fourth-order valence-electron chi connectivity index (χ4n) is 1.57. The van der Waals surface area contributed by atoms with Gasteiger partial charge in [-0.1, -0.05) is 25.1 Å². The van der Waals surface area contributed by atoms with Crippen LogP contribution in [-0.4, -0.2) is 10.1 Å². The maximum Gasteiger partial charge on any atom is 0.140 e. The van der Waals surface area contributed by atoms with Crippen LogP contribution in [-0.2, 0) is 6.61 Å². The first-order chi connectivity index (χ1) is 8.31. The molecule has 1 aromatic carbocycles. The third-order valence-electron chi connectivity index (χ3n) is 2.50. The van der Waals surface area contributed by atoms with E-state index in [2.05, 4.69) is 4.98 Å². The zero-order valence-electron chi connectivity index (χ0n) is 9.67. The molecule has 0 aliphatic heterocycles. The largest absolute Gasteiger partial charge is 0.486 e. The molecule has 2 aromatic rings. The van der Waals surface area contributed by atoms with Crippen molar-refractivity contribution in [3.63, 3.8) is 0 Å². The summed E-state index contributed by atoms with van der Waals surface area (Å²) in [6.07, 6.45) is 1.97. The molecule has 3 nitrogen and oxygen atoms in total. The maximum absolute atomic E-state index is 9.87. The van der Waals surface area contributed by atoms with Crippen LogP contribution in [0.25, 0.3) is 0 Å². The highest BCUT2D eigenvalue weighted by atomic mass is 32.1. The number of aliphatic hydroxyl groups is 1. The molecule has 0 spiro atoms. The Bertz CT molecular complexity index is 456. The highest BCUT2D eigenvalue weighted by molar-refractivity contribution is 7.09. The van der Waals surface area contributed by atoms with Crippen molar-refractivity contribution in [1.82, 2.24) is 4.98 Å². The number of thiazole rings is 1. The van der Waals surface area contributed by atoms with Crippen molar-refractivity contribution in [3.05, 3.63) is 46.4 Å². The molecule has 1 heterocycles. The molecular weight excluding hydrogens is 234 g/mol. The van der Waals surface area contributed by atoms with Gasteiger partial charge in [-0.2, -0.15) is 0 Å². The Morgan fingerprint density at radius 1 is 1.41 bits per heavy atom. The van der Waals surface area contributed by atoms with Gasteiger partial charge < -0.3 is 9.84 Å². The number of para-hydroxylation sites is 1. The van der Waals surface area contributed by atoms with Crippen LogP contribution >= 0.6 is 11.3 Å². The molecule has 0 bridgehead atoms. The fourth-order valence-corrected chi connectivity index (χ4v) is 2.10. The number of aliphatic hydroxyl groups excluding tert-OH is 1. The average Bonchev–Trinajstić information content (AvgIpc) is 2.89. The van der Waals surface area contributed by atoms with Gasteiger partial charge in [-0.3, -0.25) is 0 Å². The highest BCUT2D eigenvalue weighted by Gasteiger charge is 2.11. The molecule has 90 valence electrons. The Balaban J connectivity index is 2.09. The van der Waals surface area contributed by atoms with Crippen molar-refractivity contribution < 1.29 is 9.84 Å². The molecule has 4 heteroatoms. The molecule has 1 N–H and O–H groups in total. The first kappa shape index (κ1) is 12.1. The van der Waals surface area contributed by atoms with Gasteiger partial charge in [-0.15, -0.1) is 11.3 Å². The van der Waals surface area contributed by atoms with E-state index in [0.29, 0.717) is 13.0 Å². The first-order valence-electron chi connectivity index (χ1n) is 5.59. The predicted molar refractivity (Wildman–Crippen MR) is 68.1 cm³/mol. The second kappa shape index (κ2) is 5.80. The van der Waals surface area contributed by atoms with Crippen molar-refractivity contribution in [1.29, 1.82) is 0 Å². The van der Waals surface area contributed by atoms with E-state index in [9.17, 15) is 5.11 Å². The van der Waals surface area contributed by atoms with Gasteiger partial charge in [-0.05, 0) is 12.5 Å². The number of benzene rings is 1. The molecule has 1 aromatic heterocycles. The quantitative estimate of drug-likeness (QED) is 0.885. The number of hydrogen-bond donors (Lipinski definition) is 1. The summed E-state index contributed by atoms with van der Waals surface area (Å²) >= 11 is 1.56. The fraction of sp³-hybridized carbons (Fsp3) is 0.308. The number of rotatable bonds is 5. The Hall–Kier alpha value is -1.39. The molecule has 0 radical (unpaired) electrons. The minimum atomic E-state index is -0.470. The van der Waals surface area contributed by atoms with Crippen molar-refractivity contribution in [2.45, 2.75) is 26.1 Å². The van der Waals surface area contributed by atoms with Gasteiger partial charge in [0.25, 0.3) is 0 Å². The molecule has 1 atom stereocenters. The molecule has 0 fully saturated rings. The lowest BCUT2D eigenvalue weighted by Crippen LogP contribution is -2.02. The van der Waals surface area contributed by atoms with Crippen LogP contribution < -0.4 is 4.74 Å². The molecule has 1 unspecified atom stereocenters. The van der Waals surface area contributed by atoms with E-state index in [0.717, 1.165) is 16.3 Å². The van der Waals surface area contributed by atoms with Crippen LogP contribution in [0.4, 0.5) is 0 Å². The van der Waals surface area contributed by atoms with Gasteiger partial charge in [0.15, 0.2) is 0 Å². The maximum atomic E-state index is 9.87. The SMILES string of the molecule is CCC(O)c1ccccc1OCc1nccs1. The van der Waals surface area contributed by atoms with E-state index < -0.39 is 6.10 Å². The molecule has 17 heavy (non-hydrogen) atoms. The van der Waals surface area contributed by atoms with Crippen LogP contribution in [0.1, 0.15) is 30.0 Å². The Kier molecular flexibility index (Phi) is 4.12. The van der Waals surface area contributed by atoms with E-state index in [-0.39, 0.29) is 0 Å². The zero-order chi connectivity index (χ0) is 12.1. The lowest BCUT2D eigenvalue weighted by atomic mass is 10.1. The molecule has 0 saturated carbocycles. The van der Waals surface area contributed by atoms with Crippen LogP contribution in [0.2, 0.25) is 0 Å². The van der Waals surface area contributed by atoms with Crippen molar-refractivity contribution in [2.75, 3.05) is 0 Å². The van der Waals surface area contributed by atoms with Crippen LogP contribution in [0.15, 0.2) is 35.8 Å². The average molecular weight is 249 g/mol. The highest BCUT2D eigenvalue weighted by Crippen LogP contribution is 2.27. The monoisotopic (exact) mass is 249 g/mol.